The fraction of sp³-hybridized carbons (Fsp3) is 0.868. The van der Waals surface area contributed by atoms with Crippen LogP contribution in [0.4, 0.5) is 0 Å². The van der Waals surface area contributed by atoms with Gasteiger partial charge in [-0.15, -0.1) is 0 Å². The Kier molecular flexibility index (Phi) is 46.8. The molecule has 6 nitrogen and oxygen atoms in total. The van der Waals surface area contributed by atoms with Gasteiger partial charge >= 0.3 is 17.9 Å². The maximum absolute atomic E-state index is 12.8. The molecule has 6 heteroatoms. The van der Waals surface area contributed by atoms with Gasteiger partial charge in [-0.1, -0.05) is 244 Å². The minimum Gasteiger partial charge on any atom is -0.462 e. The van der Waals surface area contributed by atoms with E-state index in [1.165, 1.54) is 180 Å². The molecular formula is C53H98O6. The summed E-state index contributed by atoms with van der Waals surface area (Å²) in [5, 5.41) is 0. The van der Waals surface area contributed by atoms with E-state index in [1.807, 2.05) is 6.08 Å². The molecule has 0 aromatic carbocycles. The second-order valence-electron chi connectivity index (χ2n) is 17.4. The predicted molar refractivity (Wildman–Crippen MR) is 252 cm³/mol. The van der Waals surface area contributed by atoms with Crippen molar-refractivity contribution in [1.29, 1.82) is 0 Å². The average molecular weight is 831 g/mol. The third-order valence-corrected chi connectivity index (χ3v) is 11.5. The van der Waals surface area contributed by atoms with Crippen molar-refractivity contribution in [3.8, 4) is 0 Å². The first-order chi connectivity index (χ1) is 29.0. The Hall–Kier alpha value is -2.11. The SMILES string of the molecule is CCCCCCCC/C=C/C/C=C/CCC(=O)OCC(COC(=O)CCCCCCCCCCCCCCCC)OC(=O)CCCCCCCCCCCCCCCC. The molecular weight excluding hydrogens is 733 g/mol. The molecule has 0 bridgehead atoms. The van der Waals surface area contributed by atoms with E-state index >= 15 is 0 Å². The average Bonchev–Trinajstić information content (AvgIpc) is 3.23. The van der Waals surface area contributed by atoms with E-state index in [2.05, 4.69) is 39.0 Å². The van der Waals surface area contributed by atoms with E-state index in [4.69, 9.17) is 14.2 Å². The van der Waals surface area contributed by atoms with Crippen LogP contribution >= 0.6 is 0 Å². The molecule has 0 aliphatic carbocycles. The Labute approximate surface area is 366 Å². The zero-order valence-corrected chi connectivity index (χ0v) is 39.5. The van der Waals surface area contributed by atoms with Crippen molar-refractivity contribution < 1.29 is 28.6 Å². The first-order valence-corrected chi connectivity index (χ1v) is 25.8. The lowest BCUT2D eigenvalue weighted by Gasteiger charge is -2.18. The van der Waals surface area contributed by atoms with Crippen LogP contribution in [0.5, 0.6) is 0 Å². The number of hydrogen-bond acceptors (Lipinski definition) is 6. The molecule has 0 aromatic heterocycles. The molecule has 0 spiro atoms. The van der Waals surface area contributed by atoms with Crippen molar-refractivity contribution in [2.75, 3.05) is 13.2 Å². The van der Waals surface area contributed by atoms with Gasteiger partial charge in [-0.25, -0.2) is 0 Å². The second-order valence-corrected chi connectivity index (χ2v) is 17.4. The molecule has 1 unspecified atom stereocenters. The van der Waals surface area contributed by atoms with Gasteiger partial charge in [0.25, 0.3) is 0 Å². The van der Waals surface area contributed by atoms with Gasteiger partial charge in [0.05, 0.1) is 0 Å². The van der Waals surface area contributed by atoms with Gasteiger partial charge in [-0.3, -0.25) is 14.4 Å². The highest BCUT2D eigenvalue weighted by Crippen LogP contribution is 2.16. The van der Waals surface area contributed by atoms with E-state index in [0.29, 0.717) is 19.3 Å². The van der Waals surface area contributed by atoms with Crippen LogP contribution in [0.3, 0.4) is 0 Å². The van der Waals surface area contributed by atoms with Gasteiger partial charge in [0, 0.05) is 19.3 Å². The summed E-state index contributed by atoms with van der Waals surface area (Å²) in [4.78, 5) is 37.9. The number of allylic oxidation sites excluding steroid dienone is 4. The normalized spacial score (nSPS) is 12.1. The first-order valence-electron chi connectivity index (χ1n) is 25.8. The molecule has 0 aliphatic heterocycles. The molecule has 1 atom stereocenters. The zero-order chi connectivity index (χ0) is 43.0. The highest BCUT2D eigenvalue weighted by Gasteiger charge is 2.19. The highest BCUT2D eigenvalue weighted by molar-refractivity contribution is 5.71. The van der Waals surface area contributed by atoms with Crippen LogP contribution in [0, 0.1) is 0 Å². The molecule has 0 saturated heterocycles. The topological polar surface area (TPSA) is 78.9 Å². The van der Waals surface area contributed by atoms with Gasteiger partial charge in [0.1, 0.15) is 13.2 Å². The lowest BCUT2D eigenvalue weighted by molar-refractivity contribution is -0.166. The Balaban J connectivity index is 4.39. The number of hydrogen-bond donors (Lipinski definition) is 0. The van der Waals surface area contributed by atoms with E-state index < -0.39 is 6.10 Å². The van der Waals surface area contributed by atoms with E-state index in [9.17, 15) is 14.4 Å². The maximum Gasteiger partial charge on any atom is 0.306 e. The van der Waals surface area contributed by atoms with Gasteiger partial charge in [-0.05, 0) is 38.5 Å². The monoisotopic (exact) mass is 831 g/mol. The fourth-order valence-electron chi connectivity index (χ4n) is 7.56. The van der Waals surface area contributed by atoms with Gasteiger partial charge in [-0.2, -0.15) is 0 Å². The third kappa shape index (κ3) is 46.8. The molecule has 0 heterocycles. The molecule has 0 amide bonds. The van der Waals surface area contributed by atoms with Gasteiger partial charge < -0.3 is 14.2 Å². The summed E-state index contributed by atoms with van der Waals surface area (Å²) in [6.07, 6.45) is 54.6. The van der Waals surface area contributed by atoms with Crippen LogP contribution < -0.4 is 0 Å². The summed E-state index contributed by atoms with van der Waals surface area (Å²) in [6.45, 7) is 6.61. The van der Waals surface area contributed by atoms with Crippen molar-refractivity contribution in [3.05, 3.63) is 24.3 Å². The number of carbonyl (C=O) groups excluding carboxylic acids is 3. The summed E-state index contributed by atoms with van der Waals surface area (Å²) in [5.41, 5.74) is 0. The summed E-state index contributed by atoms with van der Waals surface area (Å²) < 4.78 is 16.7. The largest absolute Gasteiger partial charge is 0.462 e. The zero-order valence-electron chi connectivity index (χ0n) is 39.5. The summed E-state index contributed by atoms with van der Waals surface area (Å²) in [6, 6.07) is 0. The molecule has 0 radical (unpaired) electrons. The van der Waals surface area contributed by atoms with Crippen LogP contribution in [0.15, 0.2) is 24.3 Å². The fourth-order valence-corrected chi connectivity index (χ4v) is 7.56. The van der Waals surface area contributed by atoms with Crippen LogP contribution in [0.2, 0.25) is 0 Å². The number of esters is 3. The predicted octanol–water partition coefficient (Wildman–Crippen LogP) is 16.8. The standard InChI is InChI=1S/C53H98O6/c1-4-7-10-13-16-19-22-25-28-31-34-37-40-43-46-52(55)58-49-50(48-57-51(54)45-42-39-36-33-30-27-24-21-18-15-12-9-6-3)59-53(56)47-44-41-38-35-32-29-26-23-20-17-14-11-8-5-2/h27,30,36,39,50H,4-26,28-29,31-35,37-38,40-49H2,1-3H3/b30-27+,39-36+. The van der Waals surface area contributed by atoms with Crippen LogP contribution in [-0.4, -0.2) is 37.2 Å². The smallest absolute Gasteiger partial charge is 0.306 e. The van der Waals surface area contributed by atoms with Crippen LogP contribution in [0.1, 0.15) is 278 Å². The van der Waals surface area contributed by atoms with Crippen molar-refractivity contribution in [2.24, 2.45) is 0 Å². The summed E-state index contributed by atoms with van der Waals surface area (Å²) in [7, 11) is 0. The van der Waals surface area contributed by atoms with Crippen molar-refractivity contribution >= 4 is 17.9 Å². The third-order valence-electron chi connectivity index (χ3n) is 11.5. The molecule has 0 fully saturated rings. The molecule has 0 aliphatic rings. The molecule has 59 heavy (non-hydrogen) atoms. The molecule has 0 rings (SSSR count). The first kappa shape index (κ1) is 56.9. The molecule has 0 saturated carbocycles. The van der Waals surface area contributed by atoms with Gasteiger partial charge in [0.2, 0.25) is 0 Å². The second kappa shape index (κ2) is 48.6. The minimum absolute atomic E-state index is 0.0832. The Morgan fingerprint density at radius 1 is 0.339 bits per heavy atom. The maximum atomic E-state index is 12.8. The Morgan fingerprint density at radius 2 is 0.644 bits per heavy atom. The lowest BCUT2D eigenvalue weighted by Crippen LogP contribution is -2.30. The van der Waals surface area contributed by atoms with Gasteiger partial charge in [0.15, 0.2) is 6.10 Å². The number of unbranched alkanes of at least 4 members (excludes halogenated alkanes) is 32. The van der Waals surface area contributed by atoms with Crippen molar-refractivity contribution in [1.82, 2.24) is 0 Å². The summed E-state index contributed by atoms with van der Waals surface area (Å²) in [5.74, 6) is -0.940. The summed E-state index contributed by atoms with van der Waals surface area (Å²) >= 11 is 0. The van der Waals surface area contributed by atoms with Crippen molar-refractivity contribution in [2.45, 2.75) is 284 Å². The Bertz CT molecular complexity index is 958. The molecule has 0 N–H and O–H groups in total. The van der Waals surface area contributed by atoms with E-state index in [-0.39, 0.29) is 37.5 Å². The Morgan fingerprint density at radius 3 is 1.03 bits per heavy atom. The minimum atomic E-state index is -0.786. The molecule has 346 valence electrons. The number of rotatable bonds is 47. The van der Waals surface area contributed by atoms with Crippen LogP contribution in [-0.2, 0) is 28.6 Å². The van der Waals surface area contributed by atoms with Crippen molar-refractivity contribution in [3.63, 3.8) is 0 Å². The lowest BCUT2D eigenvalue weighted by atomic mass is 10.0. The van der Waals surface area contributed by atoms with E-state index in [1.54, 1.807) is 0 Å². The quantitative estimate of drug-likeness (QED) is 0.0263. The van der Waals surface area contributed by atoms with Crippen LogP contribution in [0.25, 0.3) is 0 Å². The molecule has 0 aromatic rings. The highest BCUT2D eigenvalue weighted by atomic mass is 16.6. The number of carbonyl (C=O) groups is 3. The number of ether oxygens (including phenoxy) is 3. The van der Waals surface area contributed by atoms with E-state index in [0.717, 1.165) is 51.4 Å².